The molecule has 0 aliphatic heterocycles. The van der Waals surface area contributed by atoms with Gasteiger partial charge in [0, 0.05) is 0 Å². The maximum atomic E-state index is 11.5. The summed E-state index contributed by atoms with van der Waals surface area (Å²) in [5.41, 5.74) is -1.20. The van der Waals surface area contributed by atoms with Crippen LogP contribution in [0.4, 0.5) is 0 Å². The predicted octanol–water partition coefficient (Wildman–Crippen LogP) is 2.09. The van der Waals surface area contributed by atoms with Gasteiger partial charge in [-0.15, -0.1) is 11.3 Å². The fraction of sp³-hybridized carbons (Fsp3) is 0.444. The summed E-state index contributed by atoms with van der Waals surface area (Å²) in [4.78, 5) is 12.1. The number of aliphatic hydroxyl groups is 1. The van der Waals surface area contributed by atoms with Crippen LogP contribution in [0.2, 0.25) is 0 Å². The molecule has 0 saturated carbocycles. The number of hydrogen-bond donors (Lipinski definition) is 1. The Bertz CT molecular complexity index is 262. The van der Waals surface area contributed by atoms with Crippen molar-refractivity contribution < 1.29 is 9.90 Å². The number of thiophene rings is 1. The second-order valence-electron chi connectivity index (χ2n) is 2.93. The highest BCUT2D eigenvalue weighted by Gasteiger charge is 2.29. The Balaban J connectivity index is 2.86. The highest BCUT2D eigenvalue weighted by molar-refractivity contribution is 7.12. The summed E-state index contributed by atoms with van der Waals surface area (Å²) in [5.74, 6) is -0.181. The molecule has 1 rings (SSSR count). The Labute approximate surface area is 75.9 Å². The average molecular weight is 184 g/mol. The van der Waals surface area contributed by atoms with E-state index >= 15 is 0 Å². The van der Waals surface area contributed by atoms with Crippen molar-refractivity contribution in [3.63, 3.8) is 0 Å². The number of hydrogen-bond acceptors (Lipinski definition) is 3. The number of ketones is 1. The molecule has 0 radical (unpaired) electrons. The van der Waals surface area contributed by atoms with Gasteiger partial charge in [-0.3, -0.25) is 4.79 Å². The zero-order valence-electron chi connectivity index (χ0n) is 7.20. The molecule has 0 aliphatic carbocycles. The molecule has 3 heteroatoms. The third kappa shape index (κ3) is 1.73. The number of carbonyl (C=O) groups excluding carboxylic acids is 1. The Hall–Kier alpha value is -0.670. The Morgan fingerprint density at radius 2 is 2.42 bits per heavy atom. The summed E-state index contributed by atoms with van der Waals surface area (Å²) in [6, 6.07) is 3.54. The van der Waals surface area contributed by atoms with E-state index in [1.807, 2.05) is 11.4 Å². The van der Waals surface area contributed by atoms with Crippen molar-refractivity contribution >= 4 is 17.1 Å². The summed E-state index contributed by atoms with van der Waals surface area (Å²) in [6.07, 6.45) is 0.448. The van der Waals surface area contributed by atoms with Crippen LogP contribution in [0.15, 0.2) is 17.5 Å². The molecule has 0 bridgehead atoms. The molecule has 1 aromatic rings. The summed E-state index contributed by atoms with van der Waals surface area (Å²) in [7, 11) is 0. The molecule has 0 aromatic carbocycles. The van der Waals surface area contributed by atoms with E-state index in [0.29, 0.717) is 11.3 Å². The molecule has 1 heterocycles. The number of Topliss-reactive ketones (excluding diaryl/α,β-unsaturated/α-hetero) is 1. The van der Waals surface area contributed by atoms with E-state index < -0.39 is 5.60 Å². The number of rotatable bonds is 3. The van der Waals surface area contributed by atoms with Crippen molar-refractivity contribution in [1.82, 2.24) is 0 Å². The van der Waals surface area contributed by atoms with E-state index in [4.69, 9.17) is 0 Å². The molecule has 1 aromatic heterocycles. The topological polar surface area (TPSA) is 37.3 Å². The molecule has 12 heavy (non-hydrogen) atoms. The first kappa shape index (κ1) is 9.42. The van der Waals surface area contributed by atoms with Crippen LogP contribution in [0.1, 0.15) is 29.9 Å². The summed E-state index contributed by atoms with van der Waals surface area (Å²) < 4.78 is 0. The fourth-order valence-corrected chi connectivity index (χ4v) is 1.62. The second kappa shape index (κ2) is 3.37. The quantitative estimate of drug-likeness (QED) is 0.730. The van der Waals surface area contributed by atoms with Gasteiger partial charge in [0.25, 0.3) is 0 Å². The summed E-state index contributed by atoms with van der Waals surface area (Å²) >= 11 is 1.36. The average Bonchev–Trinajstić information content (AvgIpc) is 2.55. The lowest BCUT2D eigenvalue weighted by Crippen LogP contribution is -2.33. The molecule has 0 aliphatic rings. The lowest BCUT2D eigenvalue weighted by Gasteiger charge is -2.17. The third-order valence-corrected chi connectivity index (χ3v) is 2.79. The largest absolute Gasteiger partial charge is 0.382 e. The molecule has 1 N–H and O–H groups in total. The minimum atomic E-state index is -1.20. The van der Waals surface area contributed by atoms with Gasteiger partial charge in [0.2, 0.25) is 5.78 Å². The van der Waals surface area contributed by atoms with Crippen LogP contribution in [-0.2, 0) is 0 Å². The molecule has 2 nitrogen and oxygen atoms in total. The molecule has 0 fully saturated rings. The third-order valence-electron chi connectivity index (χ3n) is 1.92. The van der Waals surface area contributed by atoms with Gasteiger partial charge >= 0.3 is 0 Å². The van der Waals surface area contributed by atoms with Gasteiger partial charge in [-0.1, -0.05) is 13.0 Å². The molecular formula is C9H12O2S. The summed E-state index contributed by atoms with van der Waals surface area (Å²) in [5, 5.41) is 11.5. The first-order valence-electron chi connectivity index (χ1n) is 3.88. The van der Waals surface area contributed by atoms with Crippen molar-refractivity contribution in [1.29, 1.82) is 0 Å². The molecule has 0 spiro atoms. The van der Waals surface area contributed by atoms with Gasteiger partial charge in [-0.25, -0.2) is 0 Å². The normalized spacial score (nSPS) is 15.6. The molecule has 1 atom stereocenters. The monoisotopic (exact) mass is 184 g/mol. The Kier molecular flexibility index (Phi) is 2.65. The zero-order chi connectivity index (χ0) is 9.19. The van der Waals surface area contributed by atoms with E-state index in [0.717, 1.165) is 0 Å². The minimum absolute atomic E-state index is 0.181. The summed E-state index contributed by atoms with van der Waals surface area (Å²) in [6.45, 7) is 3.35. The molecule has 0 saturated heterocycles. The molecular weight excluding hydrogens is 172 g/mol. The fourth-order valence-electron chi connectivity index (χ4n) is 0.834. The van der Waals surface area contributed by atoms with Gasteiger partial charge in [0.05, 0.1) is 4.88 Å². The second-order valence-corrected chi connectivity index (χ2v) is 3.88. The highest BCUT2D eigenvalue weighted by atomic mass is 32.1. The Morgan fingerprint density at radius 3 is 2.83 bits per heavy atom. The van der Waals surface area contributed by atoms with E-state index in [1.54, 1.807) is 19.9 Å². The predicted molar refractivity (Wildman–Crippen MR) is 49.6 cm³/mol. The minimum Gasteiger partial charge on any atom is -0.382 e. The molecule has 0 amide bonds. The molecule has 1 unspecified atom stereocenters. The van der Waals surface area contributed by atoms with Crippen molar-refractivity contribution in [3.05, 3.63) is 22.4 Å². The van der Waals surface area contributed by atoms with Crippen LogP contribution < -0.4 is 0 Å². The maximum absolute atomic E-state index is 11.5. The van der Waals surface area contributed by atoms with E-state index in [2.05, 4.69) is 0 Å². The maximum Gasteiger partial charge on any atom is 0.203 e. The van der Waals surface area contributed by atoms with Crippen LogP contribution in [0, 0.1) is 0 Å². The van der Waals surface area contributed by atoms with Crippen LogP contribution in [-0.4, -0.2) is 16.5 Å². The van der Waals surface area contributed by atoms with Crippen molar-refractivity contribution in [2.24, 2.45) is 0 Å². The SMILES string of the molecule is CCC(C)(O)C(=O)c1cccs1. The van der Waals surface area contributed by atoms with Crippen molar-refractivity contribution in [2.45, 2.75) is 25.9 Å². The van der Waals surface area contributed by atoms with E-state index in [9.17, 15) is 9.90 Å². The van der Waals surface area contributed by atoms with Gasteiger partial charge < -0.3 is 5.11 Å². The van der Waals surface area contributed by atoms with Crippen LogP contribution in [0.3, 0.4) is 0 Å². The lowest BCUT2D eigenvalue weighted by molar-refractivity contribution is 0.0395. The Morgan fingerprint density at radius 1 is 1.75 bits per heavy atom. The van der Waals surface area contributed by atoms with E-state index in [1.165, 1.54) is 11.3 Å². The lowest BCUT2D eigenvalue weighted by atomic mass is 9.97. The standard InChI is InChI=1S/C9H12O2S/c1-3-9(2,11)8(10)7-5-4-6-12-7/h4-6,11H,3H2,1-2H3. The first-order chi connectivity index (χ1) is 5.58. The molecule has 66 valence electrons. The van der Waals surface area contributed by atoms with Crippen LogP contribution in [0.25, 0.3) is 0 Å². The smallest absolute Gasteiger partial charge is 0.203 e. The van der Waals surface area contributed by atoms with Gasteiger partial charge in [-0.2, -0.15) is 0 Å². The van der Waals surface area contributed by atoms with Gasteiger partial charge in [-0.05, 0) is 24.8 Å². The zero-order valence-corrected chi connectivity index (χ0v) is 8.02. The van der Waals surface area contributed by atoms with Crippen molar-refractivity contribution in [2.75, 3.05) is 0 Å². The number of carbonyl (C=O) groups is 1. The van der Waals surface area contributed by atoms with Gasteiger partial charge in [0.15, 0.2) is 0 Å². The first-order valence-corrected chi connectivity index (χ1v) is 4.76. The van der Waals surface area contributed by atoms with Gasteiger partial charge in [0.1, 0.15) is 5.60 Å². The highest BCUT2D eigenvalue weighted by Crippen LogP contribution is 2.19. The van der Waals surface area contributed by atoms with Crippen LogP contribution >= 0.6 is 11.3 Å². The van der Waals surface area contributed by atoms with E-state index in [-0.39, 0.29) is 5.78 Å². The van der Waals surface area contributed by atoms with Crippen LogP contribution in [0.5, 0.6) is 0 Å². The van der Waals surface area contributed by atoms with Crippen molar-refractivity contribution in [3.8, 4) is 0 Å².